The van der Waals surface area contributed by atoms with Gasteiger partial charge in [0.05, 0.1) is 6.54 Å². The van der Waals surface area contributed by atoms with E-state index in [1.54, 1.807) is 0 Å². The summed E-state index contributed by atoms with van der Waals surface area (Å²) in [5.41, 5.74) is 2.26. The molecular formula is C16H21N3O2. The molecule has 5 heteroatoms. The molecule has 1 amide bonds. The Kier molecular flexibility index (Phi) is 3.45. The predicted molar refractivity (Wildman–Crippen MR) is 82.4 cm³/mol. The molecule has 1 aromatic heterocycles. The van der Waals surface area contributed by atoms with Gasteiger partial charge in [-0.3, -0.25) is 4.79 Å². The summed E-state index contributed by atoms with van der Waals surface area (Å²) in [7, 11) is 0. The van der Waals surface area contributed by atoms with E-state index >= 15 is 0 Å². The number of nitrogens with one attached hydrogen (secondary N) is 2. The fourth-order valence-corrected chi connectivity index (χ4v) is 2.08. The Morgan fingerprint density at radius 2 is 2.14 bits per heavy atom. The average molecular weight is 287 g/mol. The van der Waals surface area contributed by atoms with E-state index in [0.717, 1.165) is 35.5 Å². The monoisotopic (exact) mass is 287 g/mol. The molecule has 0 saturated heterocycles. The van der Waals surface area contributed by atoms with E-state index in [1.165, 1.54) is 0 Å². The smallest absolute Gasteiger partial charge is 0.238 e. The fraction of sp³-hybridized carbons (Fsp3) is 0.500. The number of carbonyl (C=O) groups is 1. The maximum atomic E-state index is 11.9. The fourth-order valence-electron chi connectivity index (χ4n) is 2.08. The summed E-state index contributed by atoms with van der Waals surface area (Å²) in [5.74, 6) is 1.25. The van der Waals surface area contributed by atoms with Gasteiger partial charge in [-0.1, -0.05) is 0 Å². The van der Waals surface area contributed by atoms with Gasteiger partial charge in [-0.15, -0.1) is 0 Å². The van der Waals surface area contributed by atoms with Crippen molar-refractivity contribution in [2.45, 2.75) is 45.1 Å². The molecule has 0 radical (unpaired) electrons. The minimum Gasteiger partial charge on any atom is -0.440 e. The second-order valence-corrected chi connectivity index (χ2v) is 6.66. The first-order chi connectivity index (χ1) is 9.90. The second-order valence-electron chi connectivity index (χ2n) is 6.66. The van der Waals surface area contributed by atoms with E-state index < -0.39 is 0 Å². The van der Waals surface area contributed by atoms with Crippen molar-refractivity contribution in [2.75, 3.05) is 11.9 Å². The van der Waals surface area contributed by atoms with Crippen molar-refractivity contribution < 1.29 is 9.21 Å². The molecule has 2 aromatic rings. The Bertz CT molecular complexity index is 666. The van der Waals surface area contributed by atoms with Crippen molar-refractivity contribution in [1.82, 2.24) is 10.3 Å². The van der Waals surface area contributed by atoms with Crippen LogP contribution < -0.4 is 10.6 Å². The molecule has 0 aliphatic heterocycles. The van der Waals surface area contributed by atoms with Gasteiger partial charge in [0.2, 0.25) is 5.91 Å². The number of amides is 1. The van der Waals surface area contributed by atoms with Crippen LogP contribution in [0.1, 0.15) is 45.4 Å². The third-order valence-electron chi connectivity index (χ3n) is 3.39. The average Bonchev–Trinajstić information content (AvgIpc) is 3.16. The number of benzene rings is 1. The Morgan fingerprint density at radius 3 is 2.81 bits per heavy atom. The van der Waals surface area contributed by atoms with E-state index in [4.69, 9.17) is 4.42 Å². The highest BCUT2D eigenvalue weighted by Gasteiger charge is 2.28. The summed E-state index contributed by atoms with van der Waals surface area (Å²) in [5, 5.41) is 6.04. The number of fused-ring (bicyclic) bond motifs is 1. The van der Waals surface area contributed by atoms with Gasteiger partial charge in [-0.05, 0) is 51.8 Å². The highest BCUT2D eigenvalue weighted by atomic mass is 16.3. The molecule has 3 rings (SSSR count). The van der Waals surface area contributed by atoms with Gasteiger partial charge in [0.1, 0.15) is 5.52 Å². The highest BCUT2D eigenvalue weighted by Crippen LogP contribution is 2.40. The summed E-state index contributed by atoms with van der Waals surface area (Å²) in [6.07, 6.45) is 2.32. The van der Waals surface area contributed by atoms with Crippen molar-refractivity contribution >= 4 is 22.7 Å². The van der Waals surface area contributed by atoms with E-state index in [9.17, 15) is 4.79 Å². The molecule has 1 aliphatic rings. The number of rotatable bonds is 4. The van der Waals surface area contributed by atoms with Crippen LogP contribution in [0, 0.1) is 0 Å². The summed E-state index contributed by atoms with van der Waals surface area (Å²) < 4.78 is 5.71. The lowest BCUT2D eigenvalue weighted by molar-refractivity contribution is -0.115. The third kappa shape index (κ3) is 3.61. The molecule has 1 aromatic carbocycles. The number of hydrogen-bond donors (Lipinski definition) is 2. The quantitative estimate of drug-likeness (QED) is 0.907. The Labute approximate surface area is 124 Å². The number of anilines is 1. The predicted octanol–water partition coefficient (Wildman–Crippen LogP) is 3.03. The molecule has 0 bridgehead atoms. The minimum absolute atomic E-state index is 0.0600. The number of carbonyl (C=O) groups excluding carboxylic acids is 1. The molecule has 21 heavy (non-hydrogen) atoms. The van der Waals surface area contributed by atoms with Gasteiger partial charge in [0.25, 0.3) is 0 Å². The van der Waals surface area contributed by atoms with Gasteiger partial charge < -0.3 is 15.1 Å². The zero-order valence-corrected chi connectivity index (χ0v) is 12.7. The van der Waals surface area contributed by atoms with Crippen molar-refractivity contribution in [3.8, 4) is 0 Å². The highest BCUT2D eigenvalue weighted by molar-refractivity contribution is 5.94. The summed E-state index contributed by atoms with van der Waals surface area (Å²) in [6, 6.07) is 5.57. The van der Waals surface area contributed by atoms with Gasteiger partial charge in [-0.25, -0.2) is 4.98 Å². The van der Waals surface area contributed by atoms with Crippen molar-refractivity contribution in [3.63, 3.8) is 0 Å². The SMILES string of the molecule is CC(C)(C)NCC(=O)Nc1ccc2oc(C3CC3)nc2c1. The minimum atomic E-state index is -0.0768. The largest absolute Gasteiger partial charge is 0.440 e. The third-order valence-corrected chi connectivity index (χ3v) is 3.39. The molecule has 2 N–H and O–H groups in total. The molecule has 0 atom stereocenters. The van der Waals surface area contributed by atoms with Gasteiger partial charge in [-0.2, -0.15) is 0 Å². The Morgan fingerprint density at radius 1 is 1.38 bits per heavy atom. The van der Waals surface area contributed by atoms with Gasteiger partial charge in [0, 0.05) is 17.1 Å². The van der Waals surface area contributed by atoms with Crippen LogP contribution in [0.25, 0.3) is 11.1 Å². The van der Waals surface area contributed by atoms with Crippen LogP contribution in [0.4, 0.5) is 5.69 Å². The number of hydrogen-bond acceptors (Lipinski definition) is 4. The number of oxazole rings is 1. The molecule has 1 saturated carbocycles. The zero-order chi connectivity index (χ0) is 15.0. The van der Waals surface area contributed by atoms with Crippen LogP contribution in [0.3, 0.4) is 0 Å². The lowest BCUT2D eigenvalue weighted by Crippen LogP contribution is -2.41. The van der Waals surface area contributed by atoms with E-state index in [0.29, 0.717) is 5.92 Å². The number of nitrogens with zero attached hydrogens (tertiary/aromatic N) is 1. The molecule has 1 heterocycles. The maximum Gasteiger partial charge on any atom is 0.238 e. The Balaban J connectivity index is 1.67. The lowest BCUT2D eigenvalue weighted by Gasteiger charge is -2.19. The molecule has 5 nitrogen and oxygen atoms in total. The standard InChI is InChI=1S/C16H21N3O2/c1-16(2,3)17-9-14(20)18-11-6-7-13-12(8-11)19-15(21-13)10-4-5-10/h6-8,10,17H,4-5,9H2,1-3H3,(H,18,20). The first-order valence-electron chi connectivity index (χ1n) is 7.36. The van der Waals surface area contributed by atoms with Crippen molar-refractivity contribution in [2.24, 2.45) is 0 Å². The number of aromatic nitrogens is 1. The van der Waals surface area contributed by atoms with Crippen LogP contribution in [-0.2, 0) is 4.79 Å². The molecule has 0 unspecified atom stereocenters. The summed E-state index contributed by atoms with van der Waals surface area (Å²) >= 11 is 0. The van der Waals surface area contributed by atoms with Gasteiger partial charge >= 0.3 is 0 Å². The zero-order valence-electron chi connectivity index (χ0n) is 12.7. The molecule has 112 valence electrons. The van der Waals surface area contributed by atoms with Crippen LogP contribution in [0.2, 0.25) is 0 Å². The lowest BCUT2D eigenvalue weighted by atomic mass is 10.1. The normalized spacial score (nSPS) is 15.4. The molecule has 1 fully saturated rings. The van der Waals surface area contributed by atoms with Crippen LogP contribution in [-0.4, -0.2) is 23.0 Å². The molecule has 1 aliphatic carbocycles. The van der Waals surface area contributed by atoms with E-state index in [1.807, 2.05) is 39.0 Å². The van der Waals surface area contributed by atoms with Crippen molar-refractivity contribution in [1.29, 1.82) is 0 Å². The molecule has 0 spiro atoms. The first-order valence-corrected chi connectivity index (χ1v) is 7.36. The second kappa shape index (κ2) is 5.15. The first kappa shape index (κ1) is 14.1. The van der Waals surface area contributed by atoms with Gasteiger partial charge in [0.15, 0.2) is 11.5 Å². The van der Waals surface area contributed by atoms with Crippen LogP contribution >= 0.6 is 0 Å². The van der Waals surface area contributed by atoms with Crippen molar-refractivity contribution in [3.05, 3.63) is 24.1 Å². The van der Waals surface area contributed by atoms with Crippen LogP contribution in [0.5, 0.6) is 0 Å². The summed E-state index contributed by atoms with van der Waals surface area (Å²) in [6.45, 7) is 6.37. The molecular weight excluding hydrogens is 266 g/mol. The van der Waals surface area contributed by atoms with E-state index in [2.05, 4.69) is 15.6 Å². The van der Waals surface area contributed by atoms with Crippen LogP contribution in [0.15, 0.2) is 22.6 Å². The Hall–Kier alpha value is -1.88. The summed E-state index contributed by atoms with van der Waals surface area (Å²) in [4.78, 5) is 16.4. The maximum absolute atomic E-state index is 11.9. The topological polar surface area (TPSA) is 67.2 Å². The van der Waals surface area contributed by atoms with E-state index in [-0.39, 0.29) is 18.0 Å².